The smallest absolute Gasteiger partial charge is 0.230 e. The molecule has 4 heteroatoms. The Kier molecular flexibility index (Phi) is 3.60. The fourth-order valence-corrected chi connectivity index (χ4v) is 4.18. The first-order chi connectivity index (χ1) is 11.3. The molecule has 2 aromatic rings. The quantitative estimate of drug-likeness (QED) is 0.874. The molecular formula is C19H21N3O. The Hall–Kier alpha value is -2.23. The number of nitrogens with zero attached hydrogens (tertiary/aromatic N) is 3. The van der Waals surface area contributed by atoms with Gasteiger partial charge in [0.2, 0.25) is 5.91 Å². The average Bonchev–Trinajstić information content (AvgIpc) is 2.91. The van der Waals surface area contributed by atoms with Gasteiger partial charge in [0.15, 0.2) is 0 Å². The number of hydrogen-bond acceptors (Lipinski definition) is 3. The fourth-order valence-electron chi connectivity index (χ4n) is 4.18. The van der Waals surface area contributed by atoms with Gasteiger partial charge < -0.3 is 4.90 Å². The van der Waals surface area contributed by atoms with Crippen molar-refractivity contribution in [1.29, 1.82) is 0 Å². The van der Waals surface area contributed by atoms with E-state index in [0.717, 1.165) is 42.5 Å². The van der Waals surface area contributed by atoms with Crippen molar-refractivity contribution < 1.29 is 4.79 Å². The van der Waals surface area contributed by atoms with Gasteiger partial charge in [-0.25, -0.2) is 9.97 Å². The standard InChI is InChI=1S/C19H21N3O/c1-2-15(13-6-4-3-5-7-13)19(23)22-14-8-9-18(22)16-11-20-12-21-17(16)10-14/h3-7,11-12,14-15,18H,2,8-10H2,1H3. The van der Waals surface area contributed by atoms with Gasteiger partial charge in [-0.15, -0.1) is 0 Å². The van der Waals surface area contributed by atoms with Crippen molar-refractivity contribution in [3.05, 3.63) is 59.7 Å². The summed E-state index contributed by atoms with van der Waals surface area (Å²) < 4.78 is 0. The van der Waals surface area contributed by atoms with Crippen LogP contribution < -0.4 is 0 Å². The lowest BCUT2D eigenvalue weighted by Gasteiger charge is -2.37. The highest BCUT2D eigenvalue weighted by atomic mass is 16.2. The van der Waals surface area contributed by atoms with Crippen LogP contribution in [0, 0.1) is 0 Å². The molecule has 118 valence electrons. The molecule has 1 aromatic heterocycles. The summed E-state index contributed by atoms with van der Waals surface area (Å²) in [6.45, 7) is 2.10. The molecular weight excluding hydrogens is 286 g/mol. The molecule has 1 fully saturated rings. The van der Waals surface area contributed by atoms with E-state index in [2.05, 4.69) is 33.9 Å². The highest BCUT2D eigenvalue weighted by Crippen LogP contribution is 2.44. The van der Waals surface area contributed by atoms with E-state index >= 15 is 0 Å². The molecule has 0 spiro atoms. The number of hydrogen-bond donors (Lipinski definition) is 0. The van der Waals surface area contributed by atoms with Gasteiger partial charge in [-0.3, -0.25) is 4.79 Å². The molecule has 2 aliphatic rings. The number of fused-ring (bicyclic) bond motifs is 4. The summed E-state index contributed by atoms with van der Waals surface area (Å²) in [4.78, 5) is 24.0. The third-order valence-corrected chi connectivity index (χ3v) is 5.28. The zero-order valence-corrected chi connectivity index (χ0v) is 13.4. The molecule has 0 aliphatic carbocycles. The maximum absolute atomic E-state index is 13.3. The van der Waals surface area contributed by atoms with Crippen LogP contribution in [-0.2, 0) is 11.2 Å². The fraction of sp³-hybridized carbons (Fsp3) is 0.421. The van der Waals surface area contributed by atoms with Crippen molar-refractivity contribution in [3.63, 3.8) is 0 Å². The van der Waals surface area contributed by atoms with E-state index in [1.54, 1.807) is 6.33 Å². The maximum atomic E-state index is 13.3. The lowest BCUT2D eigenvalue weighted by Crippen LogP contribution is -2.44. The van der Waals surface area contributed by atoms with Crippen LogP contribution in [0.4, 0.5) is 0 Å². The summed E-state index contributed by atoms with van der Waals surface area (Å²) in [6, 6.07) is 10.6. The lowest BCUT2D eigenvalue weighted by molar-refractivity contribution is -0.136. The van der Waals surface area contributed by atoms with E-state index in [0.29, 0.717) is 6.04 Å². The molecule has 23 heavy (non-hydrogen) atoms. The number of carbonyl (C=O) groups is 1. The summed E-state index contributed by atoms with van der Waals surface area (Å²) in [5, 5.41) is 0. The molecule has 3 unspecified atom stereocenters. The summed E-state index contributed by atoms with van der Waals surface area (Å²) in [7, 11) is 0. The monoisotopic (exact) mass is 307 g/mol. The van der Waals surface area contributed by atoms with Crippen LogP contribution in [-0.4, -0.2) is 26.8 Å². The summed E-state index contributed by atoms with van der Waals surface area (Å²) in [5.74, 6) is 0.214. The van der Waals surface area contributed by atoms with E-state index in [9.17, 15) is 4.79 Å². The second kappa shape index (κ2) is 5.76. The lowest BCUT2D eigenvalue weighted by atomic mass is 9.91. The minimum Gasteiger partial charge on any atom is -0.332 e. The Labute approximate surface area is 136 Å². The van der Waals surface area contributed by atoms with Crippen molar-refractivity contribution in [3.8, 4) is 0 Å². The van der Waals surface area contributed by atoms with E-state index in [1.165, 1.54) is 0 Å². The third kappa shape index (κ3) is 2.33. The highest BCUT2D eigenvalue weighted by molar-refractivity contribution is 5.85. The van der Waals surface area contributed by atoms with Crippen molar-refractivity contribution >= 4 is 5.91 Å². The van der Waals surface area contributed by atoms with Gasteiger partial charge in [0.05, 0.1) is 17.7 Å². The largest absolute Gasteiger partial charge is 0.332 e. The molecule has 2 bridgehead atoms. The molecule has 0 N–H and O–H groups in total. The van der Waals surface area contributed by atoms with Crippen molar-refractivity contribution in [2.45, 2.75) is 50.6 Å². The van der Waals surface area contributed by atoms with E-state index in [-0.39, 0.29) is 17.9 Å². The molecule has 0 saturated carbocycles. The van der Waals surface area contributed by atoms with E-state index < -0.39 is 0 Å². The van der Waals surface area contributed by atoms with Crippen LogP contribution in [0.1, 0.15) is 55.0 Å². The van der Waals surface area contributed by atoms with Gasteiger partial charge in [-0.1, -0.05) is 37.3 Å². The second-order valence-electron chi connectivity index (χ2n) is 6.49. The molecule has 4 nitrogen and oxygen atoms in total. The topological polar surface area (TPSA) is 46.1 Å². The SMILES string of the molecule is CCC(C(=O)N1C2CCC1c1cncnc1C2)c1ccccc1. The van der Waals surface area contributed by atoms with E-state index in [1.807, 2.05) is 24.4 Å². The summed E-state index contributed by atoms with van der Waals surface area (Å²) >= 11 is 0. The number of carbonyl (C=O) groups excluding carboxylic acids is 1. The van der Waals surface area contributed by atoms with Crippen LogP contribution in [0.5, 0.6) is 0 Å². The Morgan fingerprint density at radius 3 is 2.91 bits per heavy atom. The van der Waals surface area contributed by atoms with Crippen LogP contribution in [0.3, 0.4) is 0 Å². The zero-order chi connectivity index (χ0) is 15.8. The first-order valence-electron chi connectivity index (χ1n) is 8.45. The van der Waals surface area contributed by atoms with Gasteiger partial charge >= 0.3 is 0 Å². The molecule has 1 saturated heterocycles. The predicted molar refractivity (Wildman–Crippen MR) is 87.8 cm³/mol. The summed E-state index contributed by atoms with van der Waals surface area (Å²) in [5.41, 5.74) is 3.40. The first-order valence-corrected chi connectivity index (χ1v) is 8.45. The summed E-state index contributed by atoms with van der Waals surface area (Å²) in [6.07, 6.45) is 7.31. The normalized spacial score (nSPS) is 23.4. The molecule has 3 heterocycles. The zero-order valence-electron chi connectivity index (χ0n) is 13.4. The minimum atomic E-state index is -0.0505. The van der Waals surface area contributed by atoms with E-state index in [4.69, 9.17) is 0 Å². The highest BCUT2D eigenvalue weighted by Gasteiger charge is 2.44. The Morgan fingerprint density at radius 2 is 2.13 bits per heavy atom. The Bertz CT molecular complexity index is 716. The predicted octanol–water partition coefficient (Wildman–Crippen LogP) is 3.26. The minimum absolute atomic E-state index is 0.0505. The number of amides is 1. The Morgan fingerprint density at radius 1 is 1.30 bits per heavy atom. The van der Waals surface area contributed by atoms with Gasteiger partial charge in [0.25, 0.3) is 0 Å². The van der Waals surface area contributed by atoms with Crippen molar-refractivity contribution in [2.24, 2.45) is 0 Å². The third-order valence-electron chi connectivity index (χ3n) is 5.28. The van der Waals surface area contributed by atoms with Gasteiger partial charge in [-0.05, 0) is 24.8 Å². The molecule has 1 aromatic carbocycles. The molecule has 0 radical (unpaired) electrons. The van der Waals surface area contributed by atoms with Gasteiger partial charge in [0.1, 0.15) is 6.33 Å². The second-order valence-corrected chi connectivity index (χ2v) is 6.49. The molecule has 1 amide bonds. The van der Waals surface area contributed by atoms with Gasteiger partial charge in [0, 0.05) is 24.2 Å². The van der Waals surface area contributed by atoms with Crippen LogP contribution >= 0.6 is 0 Å². The average molecular weight is 307 g/mol. The van der Waals surface area contributed by atoms with Crippen LogP contribution in [0.25, 0.3) is 0 Å². The number of rotatable bonds is 3. The number of aromatic nitrogens is 2. The maximum Gasteiger partial charge on any atom is 0.230 e. The molecule has 2 aliphatic heterocycles. The van der Waals surface area contributed by atoms with Gasteiger partial charge in [-0.2, -0.15) is 0 Å². The Balaban J connectivity index is 1.67. The number of benzene rings is 1. The molecule has 3 atom stereocenters. The molecule has 4 rings (SSSR count). The first kappa shape index (κ1) is 14.4. The van der Waals surface area contributed by atoms with Crippen LogP contribution in [0.15, 0.2) is 42.9 Å². The van der Waals surface area contributed by atoms with Crippen molar-refractivity contribution in [2.75, 3.05) is 0 Å². The van der Waals surface area contributed by atoms with Crippen molar-refractivity contribution in [1.82, 2.24) is 14.9 Å². The van der Waals surface area contributed by atoms with Crippen LogP contribution in [0.2, 0.25) is 0 Å².